The molecule has 2 saturated heterocycles. The first-order chi connectivity index (χ1) is 10.4. The summed E-state index contributed by atoms with van der Waals surface area (Å²) in [7, 11) is 0. The first kappa shape index (κ1) is 14.5. The highest BCUT2D eigenvalue weighted by Crippen LogP contribution is 2.22. The Balaban J connectivity index is 1.58. The number of anilines is 2. The molecule has 0 atom stereocenters. The zero-order valence-corrected chi connectivity index (χ0v) is 12.6. The van der Waals surface area contributed by atoms with Crippen LogP contribution in [0.1, 0.15) is 19.3 Å². The molecule has 3 heterocycles. The van der Waals surface area contributed by atoms with E-state index in [9.17, 15) is 0 Å². The third-order valence-corrected chi connectivity index (χ3v) is 4.40. The van der Waals surface area contributed by atoms with E-state index in [1.807, 2.05) is 0 Å². The lowest BCUT2D eigenvalue weighted by Crippen LogP contribution is -2.47. The number of rotatable bonds is 5. The topological polar surface area (TPSA) is 55.7 Å². The van der Waals surface area contributed by atoms with Gasteiger partial charge in [-0.05, 0) is 19.3 Å². The van der Waals surface area contributed by atoms with Gasteiger partial charge in [-0.15, -0.1) is 0 Å². The Morgan fingerprint density at radius 2 is 1.52 bits per heavy atom. The van der Waals surface area contributed by atoms with Crippen molar-refractivity contribution < 1.29 is 5.11 Å². The summed E-state index contributed by atoms with van der Waals surface area (Å²) in [4.78, 5) is 16.0. The quantitative estimate of drug-likeness (QED) is 0.856. The summed E-state index contributed by atoms with van der Waals surface area (Å²) in [6.07, 6.45) is 5.10. The van der Waals surface area contributed by atoms with Crippen molar-refractivity contribution in [3.05, 3.63) is 12.4 Å². The fraction of sp³-hybridized carbons (Fsp3) is 0.733. The van der Waals surface area contributed by atoms with Crippen LogP contribution in [0.4, 0.5) is 11.6 Å². The molecule has 1 aromatic rings. The minimum Gasteiger partial charge on any atom is -0.396 e. The summed E-state index contributed by atoms with van der Waals surface area (Å²) in [6.45, 7) is 7.60. The van der Waals surface area contributed by atoms with E-state index >= 15 is 0 Å². The summed E-state index contributed by atoms with van der Waals surface area (Å²) in [5.41, 5.74) is 0. The number of hydrogen-bond acceptors (Lipinski definition) is 6. The summed E-state index contributed by atoms with van der Waals surface area (Å²) >= 11 is 0. The molecule has 6 heteroatoms. The predicted octanol–water partition coefficient (Wildman–Crippen LogP) is 0.581. The van der Waals surface area contributed by atoms with Crippen LogP contribution in [0.25, 0.3) is 0 Å². The largest absolute Gasteiger partial charge is 0.396 e. The van der Waals surface area contributed by atoms with Gasteiger partial charge < -0.3 is 14.9 Å². The van der Waals surface area contributed by atoms with Crippen LogP contribution >= 0.6 is 0 Å². The Hall–Kier alpha value is -1.40. The lowest BCUT2D eigenvalue weighted by atomic mass is 10.3. The van der Waals surface area contributed by atoms with Crippen LogP contribution in [0.2, 0.25) is 0 Å². The van der Waals surface area contributed by atoms with Gasteiger partial charge in [0.2, 0.25) is 0 Å². The average Bonchev–Trinajstić information content (AvgIpc) is 3.08. The van der Waals surface area contributed by atoms with Crippen LogP contribution in [0.15, 0.2) is 12.4 Å². The normalized spacial score (nSPS) is 20.2. The molecule has 1 N–H and O–H groups in total. The van der Waals surface area contributed by atoms with Crippen molar-refractivity contribution in [2.24, 2.45) is 0 Å². The van der Waals surface area contributed by atoms with Crippen molar-refractivity contribution in [3.63, 3.8) is 0 Å². The van der Waals surface area contributed by atoms with Crippen LogP contribution in [0, 0.1) is 0 Å². The molecule has 0 saturated carbocycles. The van der Waals surface area contributed by atoms with Crippen molar-refractivity contribution in [2.75, 3.05) is 62.2 Å². The zero-order chi connectivity index (χ0) is 14.5. The molecule has 0 radical (unpaired) electrons. The summed E-state index contributed by atoms with van der Waals surface area (Å²) < 4.78 is 0. The fourth-order valence-electron chi connectivity index (χ4n) is 3.12. The van der Waals surface area contributed by atoms with Gasteiger partial charge in [-0.25, -0.2) is 9.97 Å². The highest BCUT2D eigenvalue weighted by molar-refractivity contribution is 5.50. The SMILES string of the molecule is OCCCN1CCN(c2cc(N3CCCC3)ncn2)CC1. The smallest absolute Gasteiger partial charge is 0.134 e. The Labute approximate surface area is 126 Å². The summed E-state index contributed by atoms with van der Waals surface area (Å²) in [5, 5.41) is 8.90. The standard InChI is InChI=1S/C15H25N5O/c21-11-3-4-18-7-9-20(10-8-18)15-12-14(16-13-17-15)19-5-1-2-6-19/h12-13,21H,1-11H2. The first-order valence-corrected chi connectivity index (χ1v) is 8.02. The van der Waals surface area contributed by atoms with E-state index in [1.54, 1.807) is 6.33 Å². The van der Waals surface area contributed by atoms with Gasteiger partial charge >= 0.3 is 0 Å². The Bertz CT molecular complexity index is 441. The maximum Gasteiger partial charge on any atom is 0.134 e. The van der Waals surface area contributed by atoms with Crippen molar-refractivity contribution in [3.8, 4) is 0 Å². The second kappa shape index (κ2) is 7.04. The van der Waals surface area contributed by atoms with Gasteiger partial charge in [-0.1, -0.05) is 0 Å². The third kappa shape index (κ3) is 3.63. The minimum absolute atomic E-state index is 0.283. The first-order valence-electron chi connectivity index (χ1n) is 8.02. The molecule has 0 aliphatic carbocycles. The van der Waals surface area contributed by atoms with Crippen LogP contribution in [-0.4, -0.2) is 72.4 Å². The number of hydrogen-bond donors (Lipinski definition) is 1. The lowest BCUT2D eigenvalue weighted by molar-refractivity contribution is 0.215. The predicted molar refractivity (Wildman–Crippen MR) is 83.8 cm³/mol. The fourth-order valence-corrected chi connectivity index (χ4v) is 3.12. The van der Waals surface area contributed by atoms with E-state index < -0.39 is 0 Å². The van der Waals surface area contributed by atoms with Crippen LogP contribution in [-0.2, 0) is 0 Å². The van der Waals surface area contributed by atoms with Gasteiger partial charge in [0, 0.05) is 58.5 Å². The number of aliphatic hydroxyl groups excluding tert-OH is 1. The third-order valence-electron chi connectivity index (χ3n) is 4.40. The van der Waals surface area contributed by atoms with E-state index in [0.717, 1.165) is 63.9 Å². The average molecular weight is 291 g/mol. The molecule has 21 heavy (non-hydrogen) atoms. The molecule has 0 aromatic carbocycles. The molecule has 3 rings (SSSR count). The molecular weight excluding hydrogens is 266 g/mol. The maximum atomic E-state index is 8.90. The zero-order valence-electron chi connectivity index (χ0n) is 12.6. The Morgan fingerprint density at radius 3 is 2.14 bits per heavy atom. The maximum absolute atomic E-state index is 8.90. The van der Waals surface area contributed by atoms with Crippen molar-refractivity contribution in [1.82, 2.24) is 14.9 Å². The van der Waals surface area contributed by atoms with Crippen molar-refractivity contribution in [1.29, 1.82) is 0 Å². The Morgan fingerprint density at radius 1 is 0.905 bits per heavy atom. The molecule has 1 aromatic heterocycles. The van der Waals surface area contributed by atoms with Gasteiger partial charge in [0.1, 0.15) is 18.0 Å². The number of aromatic nitrogens is 2. The summed E-state index contributed by atoms with van der Waals surface area (Å²) in [6, 6.07) is 2.13. The van der Waals surface area contributed by atoms with Gasteiger partial charge in [0.15, 0.2) is 0 Å². The van der Waals surface area contributed by atoms with Crippen molar-refractivity contribution in [2.45, 2.75) is 19.3 Å². The van der Waals surface area contributed by atoms with Gasteiger partial charge in [-0.3, -0.25) is 4.90 Å². The highest BCUT2D eigenvalue weighted by Gasteiger charge is 2.19. The van der Waals surface area contributed by atoms with E-state index in [4.69, 9.17) is 5.11 Å². The monoisotopic (exact) mass is 291 g/mol. The molecule has 2 aliphatic heterocycles. The molecule has 0 unspecified atom stereocenters. The number of aliphatic hydroxyl groups is 1. The van der Waals surface area contributed by atoms with Crippen LogP contribution < -0.4 is 9.80 Å². The van der Waals surface area contributed by atoms with Crippen LogP contribution in [0.5, 0.6) is 0 Å². The second-order valence-electron chi connectivity index (χ2n) is 5.83. The molecule has 2 fully saturated rings. The van der Waals surface area contributed by atoms with E-state index in [-0.39, 0.29) is 6.61 Å². The van der Waals surface area contributed by atoms with Crippen molar-refractivity contribution >= 4 is 11.6 Å². The van der Waals surface area contributed by atoms with Gasteiger partial charge in [-0.2, -0.15) is 0 Å². The highest BCUT2D eigenvalue weighted by atomic mass is 16.3. The van der Waals surface area contributed by atoms with E-state index in [1.165, 1.54) is 12.8 Å². The van der Waals surface area contributed by atoms with E-state index in [2.05, 4.69) is 30.7 Å². The second-order valence-corrected chi connectivity index (χ2v) is 5.83. The number of piperazine rings is 1. The molecule has 116 valence electrons. The van der Waals surface area contributed by atoms with Gasteiger partial charge in [0.25, 0.3) is 0 Å². The van der Waals surface area contributed by atoms with Crippen LogP contribution in [0.3, 0.4) is 0 Å². The Kier molecular flexibility index (Phi) is 4.87. The summed E-state index contributed by atoms with van der Waals surface area (Å²) in [5.74, 6) is 2.12. The molecular formula is C15H25N5O. The lowest BCUT2D eigenvalue weighted by Gasteiger charge is -2.35. The molecule has 0 bridgehead atoms. The number of nitrogens with zero attached hydrogens (tertiary/aromatic N) is 5. The molecule has 2 aliphatic rings. The molecule has 6 nitrogen and oxygen atoms in total. The minimum atomic E-state index is 0.283. The van der Waals surface area contributed by atoms with Gasteiger partial charge in [0.05, 0.1) is 0 Å². The molecule has 0 spiro atoms. The molecule has 0 amide bonds. The van der Waals surface area contributed by atoms with E-state index in [0.29, 0.717) is 0 Å².